The number of nitrogens with two attached hydrogens (primary N) is 1. The first-order valence-electron chi connectivity index (χ1n) is 6.95. The highest BCUT2D eigenvalue weighted by molar-refractivity contribution is 7.89. The number of benzene rings is 1. The molecule has 0 heterocycles. The fourth-order valence-electron chi connectivity index (χ4n) is 2.82. The van der Waals surface area contributed by atoms with Crippen molar-refractivity contribution in [3.05, 3.63) is 22.7 Å². The molecule has 0 aromatic heterocycles. The Morgan fingerprint density at radius 1 is 1.43 bits per heavy atom. The van der Waals surface area contributed by atoms with E-state index in [4.69, 9.17) is 22.1 Å². The molecule has 0 amide bonds. The number of ether oxygens (including phenoxy) is 1. The molecule has 7 heteroatoms. The molecule has 2 unspecified atom stereocenters. The average Bonchev–Trinajstić information content (AvgIpc) is 2.87. The van der Waals surface area contributed by atoms with E-state index in [1.807, 2.05) is 0 Å². The predicted octanol–water partition coefficient (Wildman–Crippen LogP) is 2.06. The molecule has 1 saturated carbocycles. The fourth-order valence-corrected chi connectivity index (χ4v) is 4.72. The van der Waals surface area contributed by atoms with Gasteiger partial charge in [0.2, 0.25) is 10.0 Å². The molecular weight excluding hydrogens is 312 g/mol. The van der Waals surface area contributed by atoms with Gasteiger partial charge in [0.05, 0.1) is 17.0 Å². The molecule has 1 aliphatic carbocycles. The second kappa shape index (κ2) is 6.52. The maximum Gasteiger partial charge on any atom is 0.241 e. The van der Waals surface area contributed by atoms with Gasteiger partial charge in [0.1, 0.15) is 5.75 Å². The van der Waals surface area contributed by atoms with Gasteiger partial charge in [-0.1, -0.05) is 18.0 Å². The highest BCUT2D eigenvalue weighted by Gasteiger charge is 2.31. The summed E-state index contributed by atoms with van der Waals surface area (Å²) in [6.45, 7) is 2.22. The van der Waals surface area contributed by atoms with E-state index in [0.717, 1.165) is 19.3 Å². The topological polar surface area (TPSA) is 81.4 Å². The van der Waals surface area contributed by atoms with E-state index in [1.165, 1.54) is 13.2 Å². The normalized spacial score (nSPS) is 22.5. The molecule has 5 nitrogen and oxygen atoms in total. The summed E-state index contributed by atoms with van der Waals surface area (Å²) in [6, 6.07) is 2.97. The molecule has 1 aromatic carbocycles. The van der Waals surface area contributed by atoms with Crippen molar-refractivity contribution in [2.75, 3.05) is 13.7 Å². The second-order valence-corrected chi connectivity index (χ2v) is 7.50. The number of hydrogen-bond acceptors (Lipinski definition) is 4. The maximum absolute atomic E-state index is 12.6. The predicted molar refractivity (Wildman–Crippen MR) is 83.2 cm³/mol. The fraction of sp³-hybridized carbons (Fsp3) is 0.571. The third-order valence-corrected chi connectivity index (χ3v) is 5.93. The quantitative estimate of drug-likeness (QED) is 0.864. The van der Waals surface area contributed by atoms with Crippen molar-refractivity contribution >= 4 is 21.6 Å². The molecule has 1 aliphatic rings. The minimum atomic E-state index is -3.61. The molecule has 0 radical (unpaired) electrons. The molecule has 0 aliphatic heterocycles. The summed E-state index contributed by atoms with van der Waals surface area (Å²) >= 11 is 6.04. The maximum atomic E-state index is 12.6. The van der Waals surface area contributed by atoms with Crippen LogP contribution in [0.25, 0.3) is 0 Å². The number of methoxy groups -OCH3 is 1. The van der Waals surface area contributed by atoms with Gasteiger partial charge < -0.3 is 10.5 Å². The Morgan fingerprint density at radius 2 is 2.14 bits per heavy atom. The van der Waals surface area contributed by atoms with Crippen LogP contribution in [0, 0.1) is 12.8 Å². The molecule has 0 bridgehead atoms. The SMILES string of the molecule is COc1cc(C)c(S(=O)(=O)NC2CCCC2CN)cc1Cl. The van der Waals surface area contributed by atoms with Crippen LogP contribution in [-0.2, 0) is 10.0 Å². The number of rotatable bonds is 5. The summed E-state index contributed by atoms with van der Waals surface area (Å²) < 4.78 is 33.0. The van der Waals surface area contributed by atoms with Gasteiger partial charge in [0, 0.05) is 6.04 Å². The van der Waals surface area contributed by atoms with Crippen LogP contribution in [0.2, 0.25) is 5.02 Å². The highest BCUT2D eigenvalue weighted by Crippen LogP contribution is 2.31. The first-order valence-corrected chi connectivity index (χ1v) is 8.81. The van der Waals surface area contributed by atoms with Crippen LogP contribution in [0.15, 0.2) is 17.0 Å². The van der Waals surface area contributed by atoms with Gasteiger partial charge in [0.25, 0.3) is 0 Å². The van der Waals surface area contributed by atoms with Crippen molar-refractivity contribution in [2.24, 2.45) is 11.7 Å². The zero-order chi connectivity index (χ0) is 15.6. The van der Waals surface area contributed by atoms with Crippen LogP contribution in [0.3, 0.4) is 0 Å². The van der Waals surface area contributed by atoms with Gasteiger partial charge in [-0.05, 0) is 49.9 Å². The molecule has 2 rings (SSSR count). The van der Waals surface area contributed by atoms with Crippen LogP contribution in [0.4, 0.5) is 0 Å². The van der Waals surface area contributed by atoms with Gasteiger partial charge >= 0.3 is 0 Å². The highest BCUT2D eigenvalue weighted by atomic mass is 35.5. The zero-order valence-electron chi connectivity index (χ0n) is 12.2. The molecular formula is C14H21ClN2O3S. The minimum Gasteiger partial charge on any atom is -0.495 e. The summed E-state index contributed by atoms with van der Waals surface area (Å²) in [5, 5.41) is 0.283. The Bertz CT molecular complexity index is 619. The average molecular weight is 333 g/mol. The van der Waals surface area contributed by atoms with Crippen LogP contribution in [-0.4, -0.2) is 28.1 Å². The first-order chi connectivity index (χ1) is 9.89. The number of hydrogen-bond donors (Lipinski definition) is 2. The lowest BCUT2D eigenvalue weighted by molar-refractivity contribution is 0.414. The summed E-state index contributed by atoms with van der Waals surface area (Å²) in [6.07, 6.45) is 2.79. The molecule has 118 valence electrons. The number of sulfonamides is 1. The van der Waals surface area contributed by atoms with Crippen LogP contribution < -0.4 is 15.2 Å². The lowest BCUT2D eigenvalue weighted by Gasteiger charge is -2.20. The molecule has 1 fully saturated rings. The van der Waals surface area contributed by atoms with Gasteiger partial charge in [-0.3, -0.25) is 0 Å². The molecule has 2 atom stereocenters. The second-order valence-electron chi connectivity index (χ2n) is 5.41. The number of aryl methyl sites for hydroxylation is 1. The van der Waals surface area contributed by atoms with E-state index in [9.17, 15) is 8.42 Å². The van der Waals surface area contributed by atoms with E-state index >= 15 is 0 Å². The van der Waals surface area contributed by atoms with Crippen molar-refractivity contribution < 1.29 is 13.2 Å². The van der Waals surface area contributed by atoms with Crippen molar-refractivity contribution in [1.29, 1.82) is 0 Å². The smallest absolute Gasteiger partial charge is 0.241 e. The lowest BCUT2D eigenvalue weighted by atomic mass is 10.1. The minimum absolute atomic E-state index is 0.0970. The Kier molecular flexibility index (Phi) is 5.14. The van der Waals surface area contributed by atoms with E-state index in [1.54, 1.807) is 13.0 Å². The van der Waals surface area contributed by atoms with E-state index in [0.29, 0.717) is 17.9 Å². The van der Waals surface area contributed by atoms with Gasteiger partial charge in [0.15, 0.2) is 0 Å². The summed E-state index contributed by atoms with van der Waals surface area (Å²) in [7, 11) is -2.11. The van der Waals surface area contributed by atoms with Crippen molar-refractivity contribution in [3.8, 4) is 5.75 Å². The Morgan fingerprint density at radius 3 is 2.76 bits per heavy atom. The lowest BCUT2D eigenvalue weighted by Crippen LogP contribution is -2.40. The van der Waals surface area contributed by atoms with Crippen molar-refractivity contribution in [2.45, 2.75) is 37.1 Å². The standard InChI is InChI=1S/C14H21ClN2O3S/c1-9-6-13(20-2)11(15)7-14(9)21(18,19)17-12-5-3-4-10(12)8-16/h6-7,10,12,17H,3-5,8,16H2,1-2H3. The van der Waals surface area contributed by atoms with E-state index in [-0.39, 0.29) is 21.9 Å². The Hall–Kier alpha value is -0.820. The third kappa shape index (κ3) is 3.51. The molecule has 0 saturated heterocycles. The Labute approximate surface area is 130 Å². The zero-order valence-corrected chi connectivity index (χ0v) is 13.8. The van der Waals surface area contributed by atoms with E-state index in [2.05, 4.69) is 4.72 Å². The molecule has 3 N–H and O–H groups in total. The largest absolute Gasteiger partial charge is 0.495 e. The molecule has 1 aromatic rings. The molecule has 21 heavy (non-hydrogen) atoms. The summed E-state index contributed by atoms with van der Waals surface area (Å²) in [4.78, 5) is 0.191. The van der Waals surface area contributed by atoms with Crippen LogP contribution in [0.5, 0.6) is 5.75 Å². The van der Waals surface area contributed by atoms with Crippen molar-refractivity contribution in [1.82, 2.24) is 4.72 Å². The van der Waals surface area contributed by atoms with Crippen LogP contribution in [0.1, 0.15) is 24.8 Å². The van der Waals surface area contributed by atoms with Crippen LogP contribution >= 0.6 is 11.6 Å². The number of halogens is 1. The van der Waals surface area contributed by atoms with Gasteiger partial charge in [-0.25, -0.2) is 13.1 Å². The summed E-state index contributed by atoms with van der Waals surface area (Å²) in [5.41, 5.74) is 6.30. The third-order valence-electron chi connectivity index (χ3n) is 4.01. The molecule has 0 spiro atoms. The van der Waals surface area contributed by atoms with Crippen molar-refractivity contribution in [3.63, 3.8) is 0 Å². The Balaban J connectivity index is 2.29. The van der Waals surface area contributed by atoms with Gasteiger partial charge in [-0.15, -0.1) is 0 Å². The van der Waals surface area contributed by atoms with E-state index < -0.39 is 10.0 Å². The first kappa shape index (κ1) is 16.5. The monoisotopic (exact) mass is 332 g/mol. The van der Waals surface area contributed by atoms with Gasteiger partial charge in [-0.2, -0.15) is 0 Å². The number of nitrogens with one attached hydrogen (secondary N) is 1. The summed E-state index contributed by atoms with van der Waals surface area (Å²) in [5.74, 6) is 0.669.